The molecule has 0 amide bonds. The maximum atomic E-state index is 14.1. The molecule has 2 aliphatic heterocycles. The fraction of sp³-hybridized carbons (Fsp3) is 0.714. The molecule has 1 aromatic carbocycles. The first kappa shape index (κ1) is 22.4. The predicted octanol–water partition coefficient (Wildman–Crippen LogP) is 6.62. The molecular weight excluding hydrogens is 397 g/mol. The topological polar surface area (TPSA) is 11.4 Å². The highest BCUT2D eigenvalue weighted by Crippen LogP contribution is 2.40. The summed E-state index contributed by atoms with van der Waals surface area (Å²) in [5.74, 6) is 0.774. The van der Waals surface area contributed by atoms with Crippen molar-refractivity contribution in [3.05, 3.63) is 35.8 Å². The number of halogens is 1. The molecule has 5 rings (SSSR count). The third kappa shape index (κ3) is 4.63. The zero-order chi connectivity index (χ0) is 22.3. The largest absolute Gasteiger partial charge is 0.344 e. The molecule has 0 N–H and O–H groups in total. The molecule has 0 radical (unpaired) electrons. The van der Waals surface area contributed by atoms with Crippen molar-refractivity contribution >= 4 is 10.9 Å². The van der Waals surface area contributed by atoms with Crippen molar-refractivity contribution in [3.8, 4) is 0 Å². The summed E-state index contributed by atoms with van der Waals surface area (Å²) in [7, 11) is 0. The minimum atomic E-state index is -0.112. The van der Waals surface area contributed by atoms with Gasteiger partial charge in [-0.2, -0.15) is 0 Å². The van der Waals surface area contributed by atoms with Gasteiger partial charge in [0.2, 0.25) is 0 Å². The number of aromatic nitrogens is 1. The summed E-state index contributed by atoms with van der Waals surface area (Å²) in [5.41, 5.74) is 2.99. The minimum Gasteiger partial charge on any atom is -0.344 e. The number of fused-ring (bicyclic) bond motifs is 1. The molecule has 3 fully saturated rings. The van der Waals surface area contributed by atoms with E-state index in [1.165, 1.54) is 88.6 Å². The highest BCUT2D eigenvalue weighted by molar-refractivity contribution is 5.84. The Labute approximate surface area is 193 Å². The summed E-state index contributed by atoms with van der Waals surface area (Å²) >= 11 is 0. The van der Waals surface area contributed by atoms with Gasteiger partial charge in [0, 0.05) is 48.8 Å². The van der Waals surface area contributed by atoms with Crippen LogP contribution in [0.25, 0.3) is 10.9 Å². The average molecular weight is 440 g/mol. The number of likely N-dealkylation sites (tertiary alicyclic amines) is 2. The zero-order valence-corrected chi connectivity index (χ0v) is 20.5. The van der Waals surface area contributed by atoms with Gasteiger partial charge in [0.25, 0.3) is 0 Å². The molecule has 0 spiro atoms. The molecule has 3 aliphatic rings. The lowest BCUT2D eigenvalue weighted by molar-refractivity contribution is 0.0723. The van der Waals surface area contributed by atoms with Crippen LogP contribution in [0.1, 0.15) is 83.7 Å². The molecule has 1 aromatic heterocycles. The monoisotopic (exact) mass is 439 g/mol. The Bertz CT molecular complexity index is 905. The van der Waals surface area contributed by atoms with Gasteiger partial charge in [0.15, 0.2) is 0 Å². The molecule has 0 bridgehead atoms. The molecule has 3 heterocycles. The molecule has 32 heavy (non-hydrogen) atoms. The normalized spacial score (nSPS) is 26.9. The van der Waals surface area contributed by atoms with E-state index in [0.29, 0.717) is 11.5 Å². The van der Waals surface area contributed by atoms with E-state index in [1.54, 1.807) is 12.1 Å². The number of rotatable bonds is 4. The highest BCUT2D eigenvalue weighted by Gasteiger charge is 2.33. The molecular formula is C28H42FN3. The summed E-state index contributed by atoms with van der Waals surface area (Å²) in [6.45, 7) is 13.0. The zero-order valence-electron chi connectivity index (χ0n) is 20.5. The molecule has 1 aliphatic carbocycles. The van der Waals surface area contributed by atoms with Crippen LogP contribution in [0.2, 0.25) is 0 Å². The number of nitrogens with zero attached hydrogens (tertiary/aromatic N) is 3. The van der Waals surface area contributed by atoms with Gasteiger partial charge < -0.3 is 9.47 Å². The fourth-order valence-electron chi connectivity index (χ4n) is 6.74. The van der Waals surface area contributed by atoms with Gasteiger partial charge in [-0.25, -0.2) is 4.39 Å². The van der Waals surface area contributed by atoms with Crippen LogP contribution in [0.15, 0.2) is 24.4 Å². The number of hydrogen-bond acceptors (Lipinski definition) is 2. The number of piperidine rings is 1. The van der Waals surface area contributed by atoms with Crippen LogP contribution >= 0.6 is 0 Å². The second-order valence-corrected chi connectivity index (χ2v) is 11.8. The molecule has 2 saturated heterocycles. The van der Waals surface area contributed by atoms with Crippen molar-refractivity contribution in [2.75, 3.05) is 26.2 Å². The summed E-state index contributed by atoms with van der Waals surface area (Å²) in [6.07, 6.45) is 12.9. The van der Waals surface area contributed by atoms with E-state index >= 15 is 0 Å². The van der Waals surface area contributed by atoms with Crippen LogP contribution in [0, 0.1) is 17.2 Å². The Hall–Kier alpha value is -1.39. The van der Waals surface area contributed by atoms with Gasteiger partial charge in [-0.15, -0.1) is 0 Å². The van der Waals surface area contributed by atoms with Crippen LogP contribution in [0.4, 0.5) is 4.39 Å². The number of hydrogen-bond donors (Lipinski definition) is 0. The predicted molar refractivity (Wildman–Crippen MR) is 131 cm³/mol. The van der Waals surface area contributed by atoms with E-state index in [-0.39, 0.29) is 5.82 Å². The van der Waals surface area contributed by atoms with Crippen molar-refractivity contribution in [2.24, 2.45) is 11.3 Å². The fourth-order valence-corrected chi connectivity index (χ4v) is 6.74. The van der Waals surface area contributed by atoms with Gasteiger partial charge in [0.1, 0.15) is 5.82 Å². The van der Waals surface area contributed by atoms with Gasteiger partial charge in [0.05, 0.1) is 0 Å². The summed E-state index contributed by atoms with van der Waals surface area (Å²) in [6, 6.07) is 6.74. The molecule has 1 saturated carbocycles. The SMILES string of the molecule is CC(C)(C)C1CCC(N2CCC(n3cc(CN4CCCC4)c4cc(F)ccc43)CC2)CC1. The minimum absolute atomic E-state index is 0.112. The summed E-state index contributed by atoms with van der Waals surface area (Å²) in [5, 5.41) is 1.12. The van der Waals surface area contributed by atoms with E-state index in [2.05, 4.69) is 41.3 Å². The molecule has 3 nitrogen and oxygen atoms in total. The van der Waals surface area contributed by atoms with Gasteiger partial charge in [-0.1, -0.05) is 20.8 Å². The third-order valence-corrected chi connectivity index (χ3v) is 8.80. The van der Waals surface area contributed by atoms with Crippen LogP contribution in [0.5, 0.6) is 0 Å². The van der Waals surface area contributed by atoms with Gasteiger partial charge in [-0.05, 0) is 99.6 Å². The quantitative estimate of drug-likeness (QED) is 0.530. The Kier molecular flexibility index (Phi) is 6.37. The van der Waals surface area contributed by atoms with E-state index in [0.717, 1.165) is 23.9 Å². The van der Waals surface area contributed by atoms with Crippen molar-refractivity contribution in [1.29, 1.82) is 0 Å². The second kappa shape index (κ2) is 9.10. The van der Waals surface area contributed by atoms with Crippen molar-refractivity contribution < 1.29 is 4.39 Å². The van der Waals surface area contributed by atoms with Gasteiger partial charge in [-0.3, -0.25) is 4.90 Å². The molecule has 4 heteroatoms. The van der Waals surface area contributed by atoms with Crippen LogP contribution in [0.3, 0.4) is 0 Å². The second-order valence-electron chi connectivity index (χ2n) is 11.8. The average Bonchev–Trinajstić information content (AvgIpc) is 3.42. The summed E-state index contributed by atoms with van der Waals surface area (Å²) in [4.78, 5) is 5.31. The Morgan fingerprint density at radius 2 is 1.56 bits per heavy atom. The first-order chi connectivity index (χ1) is 15.4. The first-order valence-corrected chi connectivity index (χ1v) is 13.1. The molecule has 0 unspecified atom stereocenters. The Balaban J connectivity index is 1.26. The Morgan fingerprint density at radius 3 is 2.22 bits per heavy atom. The smallest absolute Gasteiger partial charge is 0.123 e. The lowest BCUT2D eigenvalue weighted by atomic mass is 9.71. The third-order valence-electron chi connectivity index (χ3n) is 8.80. The van der Waals surface area contributed by atoms with Crippen LogP contribution in [-0.2, 0) is 6.54 Å². The van der Waals surface area contributed by atoms with E-state index in [1.807, 2.05) is 6.07 Å². The molecule has 176 valence electrons. The van der Waals surface area contributed by atoms with E-state index in [4.69, 9.17) is 0 Å². The van der Waals surface area contributed by atoms with Crippen LogP contribution < -0.4 is 0 Å². The lowest BCUT2D eigenvalue weighted by Crippen LogP contribution is -2.44. The Morgan fingerprint density at radius 1 is 0.875 bits per heavy atom. The maximum Gasteiger partial charge on any atom is 0.123 e. The van der Waals surface area contributed by atoms with Crippen molar-refractivity contribution in [2.45, 2.75) is 90.8 Å². The van der Waals surface area contributed by atoms with Crippen LogP contribution in [-0.4, -0.2) is 46.6 Å². The first-order valence-electron chi connectivity index (χ1n) is 13.1. The standard InChI is InChI=1S/C28H42FN3/c1-28(2,3)22-6-9-24(10-7-22)31-16-12-25(13-17-31)32-20-21(19-30-14-4-5-15-30)26-18-23(29)8-11-27(26)32/h8,11,18,20,22,24-25H,4-7,9-10,12-17,19H2,1-3H3. The van der Waals surface area contributed by atoms with Crippen molar-refractivity contribution in [1.82, 2.24) is 14.4 Å². The van der Waals surface area contributed by atoms with E-state index < -0.39 is 0 Å². The van der Waals surface area contributed by atoms with E-state index in [9.17, 15) is 4.39 Å². The highest BCUT2D eigenvalue weighted by atomic mass is 19.1. The molecule has 0 atom stereocenters. The lowest BCUT2D eigenvalue weighted by Gasteiger charge is -2.43. The molecule has 2 aromatic rings. The number of benzene rings is 1. The van der Waals surface area contributed by atoms with Gasteiger partial charge >= 0.3 is 0 Å². The van der Waals surface area contributed by atoms with Crippen molar-refractivity contribution in [3.63, 3.8) is 0 Å². The summed E-state index contributed by atoms with van der Waals surface area (Å²) < 4.78 is 16.6. The maximum absolute atomic E-state index is 14.1.